The zero-order valence-corrected chi connectivity index (χ0v) is 28.0. The van der Waals surface area contributed by atoms with Crippen LogP contribution in [0.5, 0.6) is 11.5 Å². The molecule has 2 aromatic heterocycles. The van der Waals surface area contributed by atoms with Crippen LogP contribution >= 0.6 is 9.47 Å². The van der Waals surface area contributed by atoms with Crippen LogP contribution < -0.4 is 9.26 Å². The Hall–Kier alpha value is -4.66. The molecule has 4 nitrogen and oxygen atoms in total. The standard InChI is InChI=1S/C40H37N2O2P/c1-22-14-23(2)17-28(16-22)35-31-10-8-9-11-32(31)37(40(44-45)36(35)29-18-24(3)15-25(4)19-29)38-39-26(5)20-27(6)42(39)34-21-30(43-7)12-13-33(34)41-38/h8-21H,45H2,1-7H3. The summed E-state index contributed by atoms with van der Waals surface area (Å²) in [5.41, 5.74) is 16.5. The van der Waals surface area contributed by atoms with E-state index in [2.05, 4.69) is 128 Å². The first-order valence-corrected chi connectivity index (χ1v) is 15.7. The van der Waals surface area contributed by atoms with Crippen LogP contribution in [0, 0.1) is 41.5 Å². The van der Waals surface area contributed by atoms with Gasteiger partial charge < -0.3 is 13.7 Å². The van der Waals surface area contributed by atoms with Crippen molar-refractivity contribution in [1.29, 1.82) is 0 Å². The summed E-state index contributed by atoms with van der Waals surface area (Å²) in [6.45, 7) is 13.0. The van der Waals surface area contributed by atoms with Crippen LogP contribution in [-0.2, 0) is 0 Å². The van der Waals surface area contributed by atoms with Crippen molar-refractivity contribution in [2.75, 3.05) is 7.11 Å². The van der Waals surface area contributed by atoms with E-state index in [0.717, 1.165) is 78.0 Å². The molecule has 0 saturated carbocycles. The number of ether oxygens (including phenoxy) is 1. The topological polar surface area (TPSA) is 35.8 Å². The number of benzene rings is 5. The van der Waals surface area contributed by atoms with Crippen molar-refractivity contribution in [1.82, 2.24) is 9.38 Å². The molecule has 224 valence electrons. The fourth-order valence-electron chi connectivity index (χ4n) is 7.23. The van der Waals surface area contributed by atoms with Gasteiger partial charge in [-0.3, -0.25) is 0 Å². The summed E-state index contributed by atoms with van der Waals surface area (Å²) in [6.07, 6.45) is 0. The van der Waals surface area contributed by atoms with Gasteiger partial charge in [0.25, 0.3) is 0 Å². The van der Waals surface area contributed by atoms with E-state index < -0.39 is 0 Å². The van der Waals surface area contributed by atoms with E-state index >= 15 is 0 Å². The first-order chi connectivity index (χ1) is 21.7. The largest absolute Gasteiger partial charge is 0.497 e. The summed E-state index contributed by atoms with van der Waals surface area (Å²) in [4.78, 5) is 5.42. The number of methoxy groups -OCH3 is 1. The van der Waals surface area contributed by atoms with Gasteiger partial charge in [0.1, 0.15) is 11.5 Å². The van der Waals surface area contributed by atoms with Gasteiger partial charge in [0.2, 0.25) is 0 Å². The van der Waals surface area contributed by atoms with Crippen LogP contribution in [0.15, 0.2) is 84.9 Å². The van der Waals surface area contributed by atoms with Crippen molar-refractivity contribution < 1.29 is 9.26 Å². The summed E-state index contributed by atoms with van der Waals surface area (Å²) in [6, 6.07) is 30.6. The second-order valence-corrected chi connectivity index (χ2v) is 12.6. The Bertz CT molecular complexity index is 2270. The average molecular weight is 609 g/mol. The maximum Gasteiger partial charge on any atom is 0.141 e. The minimum atomic E-state index is 0.790. The minimum absolute atomic E-state index is 0.790. The van der Waals surface area contributed by atoms with Crippen LogP contribution in [-0.4, -0.2) is 16.5 Å². The van der Waals surface area contributed by atoms with E-state index in [-0.39, 0.29) is 0 Å². The third-order valence-electron chi connectivity index (χ3n) is 8.80. The molecule has 7 rings (SSSR count). The number of rotatable bonds is 5. The Kier molecular flexibility index (Phi) is 7.14. The summed E-state index contributed by atoms with van der Waals surface area (Å²) in [5.74, 6) is 1.59. The van der Waals surface area contributed by atoms with Gasteiger partial charge in [-0.2, -0.15) is 0 Å². The van der Waals surface area contributed by atoms with E-state index in [1.807, 2.05) is 12.1 Å². The summed E-state index contributed by atoms with van der Waals surface area (Å²) >= 11 is 0. The molecular formula is C40H37N2O2P. The van der Waals surface area contributed by atoms with E-state index in [1.54, 1.807) is 7.11 Å². The lowest BCUT2D eigenvalue weighted by atomic mass is 9.84. The molecule has 0 spiro atoms. The SMILES string of the molecule is COc1ccc2nc(-c3c(OP)c(-c4cc(C)cc(C)c4)c(-c4cc(C)cc(C)c4)c4ccccc34)c3c(C)cc(C)n3c2c1. The molecule has 0 radical (unpaired) electrons. The molecular weight excluding hydrogens is 571 g/mol. The molecule has 0 amide bonds. The summed E-state index contributed by atoms with van der Waals surface area (Å²) in [5, 5.41) is 2.26. The van der Waals surface area contributed by atoms with E-state index in [1.165, 1.54) is 27.8 Å². The molecule has 0 bridgehead atoms. The lowest BCUT2D eigenvalue weighted by Gasteiger charge is -2.24. The normalized spacial score (nSPS) is 11.6. The van der Waals surface area contributed by atoms with E-state index in [0.29, 0.717) is 0 Å². The Balaban J connectivity index is 1.73. The first kappa shape index (κ1) is 29.1. The molecule has 0 saturated heterocycles. The fraction of sp³-hybridized carbons (Fsp3) is 0.175. The van der Waals surface area contributed by atoms with Crippen molar-refractivity contribution in [2.24, 2.45) is 0 Å². The van der Waals surface area contributed by atoms with Crippen molar-refractivity contribution in [2.45, 2.75) is 41.5 Å². The van der Waals surface area contributed by atoms with Crippen molar-refractivity contribution in [3.05, 3.63) is 118 Å². The summed E-state index contributed by atoms with van der Waals surface area (Å²) in [7, 11) is 4.26. The Morgan fingerprint density at radius 2 is 1.22 bits per heavy atom. The zero-order valence-electron chi connectivity index (χ0n) is 26.9. The van der Waals surface area contributed by atoms with E-state index in [4.69, 9.17) is 14.2 Å². The van der Waals surface area contributed by atoms with E-state index in [9.17, 15) is 0 Å². The Morgan fingerprint density at radius 1 is 0.644 bits per heavy atom. The predicted octanol–water partition coefficient (Wildman–Crippen LogP) is 10.7. The molecule has 5 heteroatoms. The maximum atomic E-state index is 6.49. The highest BCUT2D eigenvalue weighted by Crippen LogP contribution is 2.52. The second-order valence-electron chi connectivity index (χ2n) is 12.3. The molecule has 1 unspecified atom stereocenters. The van der Waals surface area contributed by atoms with Gasteiger partial charge in [0, 0.05) is 22.9 Å². The number of hydrogen-bond acceptors (Lipinski definition) is 3. The van der Waals surface area contributed by atoms with Gasteiger partial charge in [-0.15, -0.1) is 0 Å². The molecule has 0 aliphatic carbocycles. The molecule has 0 aliphatic heterocycles. The first-order valence-electron chi connectivity index (χ1n) is 15.3. The molecule has 2 heterocycles. The lowest BCUT2D eigenvalue weighted by Crippen LogP contribution is -2.02. The minimum Gasteiger partial charge on any atom is -0.497 e. The predicted molar refractivity (Wildman–Crippen MR) is 192 cm³/mol. The van der Waals surface area contributed by atoms with Crippen LogP contribution in [0.2, 0.25) is 0 Å². The Labute approximate surface area is 267 Å². The zero-order chi connectivity index (χ0) is 31.6. The van der Waals surface area contributed by atoms with Gasteiger partial charge in [0.15, 0.2) is 0 Å². The number of nitrogens with zero attached hydrogens (tertiary/aromatic N) is 2. The molecule has 45 heavy (non-hydrogen) atoms. The summed E-state index contributed by atoms with van der Waals surface area (Å²) < 4.78 is 14.4. The van der Waals surface area contributed by atoms with Gasteiger partial charge in [-0.1, -0.05) is 82.9 Å². The maximum absolute atomic E-state index is 6.49. The number of fused-ring (bicyclic) bond motifs is 4. The van der Waals surface area contributed by atoms with Crippen LogP contribution in [0.3, 0.4) is 0 Å². The third-order valence-corrected chi connectivity index (χ3v) is 9.04. The smallest absolute Gasteiger partial charge is 0.141 e. The fourth-order valence-corrected chi connectivity index (χ4v) is 7.47. The highest BCUT2D eigenvalue weighted by Gasteiger charge is 2.27. The molecule has 0 aliphatic rings. The van der Waals surface area contributed by atoms with Crippen LogP contribution in [0.1, 0.15) is 33.5 Å². The lowest BCUT2D eigenvalue weighted by molar-refractivity contribution is 0.415. The quantitative estimate of drug-likeness (QED) is 0.182. The highest BCUT2D eigenvalue weighted by molar-refractivity contribution is 7.10. The number of aryl methyl sites for hydroxylation is 6. The molecule has 5 aromatic carbocycles. The molecule has 1 atom stereocenters. The second kappa shape index (κ2) is 11.1. The van der Waals surface area contributed by atoms with Gasteiger partial charge in [0.05, 0.1) is 44.4 Å². The van der Waals surface area contributed by atoms with Gasteiger partial charge in [-0.25, -0.2) is 4.98 Å². The van der Waals surface area contributed by atoms with Gasteiger partial charge >= 0.3 is 0 Å². The van der Waals surface area contributed by atoms with Crippen molar-refractivity contribution in [3.8, 4) is 45.0 Å². The van der Waals surface area contributed by atoms with Crippen LogP contribution in [0.4, 0.5) is 0 Å². The Morgan fingerprint density at radius 3 is 1.80 bits per heavy atom. The highest BCUT2D eigenvalue weighted by atomic mass is 31.0. The number of aromatic nitrogens is 2. The molecule has 0 fully saturated rings. The molecule has 0 N–H and O–H groups in total. The van der Waals surface area contributed by atoms with Gasteiger partial charge in [-0.05, 0) is 87.2 Å². The van der Waals surface area contributed by atoms with Crippen molar-refractivity contribution >= 4 is 36.8 Å². The van der Waals surface area contributed by atoms with Crippen LogP contribution in [0.25, 0.3) is 60.8 Å². The average Bonchev–Trinajstić information content (AvgIpc) is 3.31. The third kappa shape index (κ3) is 4.76. The van der Waals surface area contributed by atoms with Crippen molar-refractivity contribution in [3.63, 3.8) is 0 Å². The molecule has 7 aromatic rings. The number of hydrogen-bond donors (Lipinski definition) is 0. The monoisotopic (exact) mass is 608 g/mol.